The zero-order valence-corrected chi connectivity index (χ0v) is 13.3. The Kier molecular flexibility index (Phi) is 5.90. The van der Waals surface area contributed by atoms with Gasteiger partial charge in [0.1, 0.15) is 0 Å². The van der Waals surface area contributed by atoms with Crippen molar-refractivity contribution in [1.82, 2.24) is 15.8 Å². The molecule has 0 spiro atoms. The fourth-order valence-electron chi connectivity index (χ4n) is 1.77. The van der Waals surface area contributed by atoms with Crippen molar-refractivity contribution in [2.24, 2.45) is 0 Å². The zero-order chi connectivity index (χ0) is 20.0. The molecule has 0 bridgehead atoms. The molecule has 2 amide bonds. The Balaban J connectivity index is 1.92. The monoisotopic (exact) mass is 384 g/mol. The second kappa shape index (κ2) is 8.12. The summed E-state index contributed by atoms with van der Waals surface area (Å²) in [6.45, 7) is -1.52. The van der Waals surface area contributed by atoms with E-state index in [1.54, 1.807) is 0 Å². The first-order valence-corrected chi connectivity index (χ1v) is 7.16. The number of nitrogens with zero attached hydrogens (tertiary/aromatic N) is 2. The Hall–Kier alpha value is -3.70. The molecule has 2 rings (SSSR count). The molecule has 0 aliphatic heterocycles. The molecule has 0 saturated carbocycles. The molecule has 2 N–H and O–H groups in total. The number of hydrogen-bond donors (Lipinski definition) is 2. The summed E-state index contributed by atoms with van der Waals surface area (Å²) in [5, 5.41) is 10.7. The van der Waals surface area contributed by atoms with Gasteiger partial charge in [-0.25, -0.2) is 4.98 Å². The molecule has 1 aromatic heterocycles. The van der Waals surface area contributed by atoms with E-state index in [-0.39, 0.29) is 22.7 Å². The molecule has 0 aliphatic carbocycles. The quantitative estimate of drug-likeness (QED) is 0.600. The Morgan fingerprint density at radius 1 is 1.11 bits per heavy atom. The van der Waals surface area contributed by atoms with Crippen molar-refractivity contribution < 1.29 is 32.4 Å². The minimum absolute atomic E-state index is 0.0569. The first kappa shape index (κ1) is 19.6. The van der Waals surface area contributed by atoms with Gasteiger partial charge in [-0.1, -0.05) is 6.07 Å². The number of non-ortho nitro benzene ring substituents is 1. The van der Waals surface area contributed by atoms with Crippen LogP contribution in [0.15, 0.2) is 42.6 Å². The van der Waals surface area contributed by atoms with Crippen molar-refractivity contribution in [3.8, 4) is 5.88 Å². The number of nitrogens with one attached hydrogen (secondary N) is 2. The predicted molar refractivity (Wildman–Crippen MR) is 83.8 cm³/mol. The van der Waals surface area contributed by atoms with Gasteiger partial charge in [0.25, 0.3) is 17.5 Å². The molecule has 12 heteroatoms. The summed E-state index contributed by atoms with van der Waals surface area (Å²) in [6, 6.07) is 7.04. The molecular formula is C15H11F3N4O5. The smallest absolute Gasteiger partial charge is 0.422 e. The van der Waals surface area contributed by atoms with Gasteiger partial charge in [-0.2, -0.15) is 13.2 Å². The highest BCUT2D eigenvalue weighted by Crippen LogP contribution is 2.17. The molecule has 0 unspecified atom stereocenters. The first-order valence-electron chi connectivity index (χ1n) is 7.16. The van der Waals surface area contributed by atoms with Crippen LogP contribution in [0.1, 0.15) is 20.7 Å². The van der Waals surface area contributed by atoms with Crippen molar-refractivity contribution in [2.45, 2.75) is 6.18 Å². The van der Waals surface area contributed by atoms with Crippen LogP contribution >= 0.6 is 0 Å². The number of hydrazine groups is 1. The average molecular weight is 384 g/mol. The first-order chi connectivity index (χ1) is 12.7. The highest BCUT2D eigenvalue weighted by molar-refractivity contribution is 5.99. The SMILES string of the molecule is O=C(NNC(=O)c1cccc([N+](=O)[O-])c1)c1ccc(OCC(F)(F)F)nc1. The summed E-state index contributed by atoms with van der Waals surface area (Å²) < 4.78 is 40.5. The van der Waals surface area contributed by atoms with Crippen LogP contribution in [0.2, 0.25) is 0 Å². The Morgan fingerprint density at radius 2 is 1.78 bits per heavy atom. The number of benzene rings is 1. The number of halogens is 3. The largest absolute Gasteiger partial charge is 0.468 e. The van der Waals surface area contributed by atoms with Gasteiger partial charge in [-0.3, -0.25) is 30.6 Å². The summed E-state index contributed by atoms with van der Waals surface area (Å²) in [7, 11) is 0. The van der Waals surface area contributed by atoms with Crippen LogP contribution in [-0.2, 0) is 0 Å². The van der Waals surface area contributed by atoms with Crippen LogP contribution in [0.3, 0.4) is 0 Å². The van der Waals surface area contributed by atoms with Crippen molar-refractivity contribution in [3.63, 3.8) is 0 Å². The van der Waals surface area contributed by atoms with E-state index in [0.717, 1.165) is 24.4 Å². The topological polar surface area (TPSA) is 123 Å². The molecule has 2 aromatic rings. The molecule has 142 valence electrons. The van der Waals surface area contributed by atoms with E-state index in [9.17, 15) is 32.9 Å². The van der Waals surface area contributed by atoms with E-state index in [2.05, 4.69) is 20.6 Å². The lowest BCUT2D eigenvalue weighted by Crippen LogP contribution is -2.41. The Bertz CT molecular complexity index is 855. The molecule has 0 saturated heterocycles. The fourth-order valence-corrected chi connectivity index (χ4v) is 1.77. The lowest BCUT2D eigenvalue weighted by molar-refractivity contribution is -0.384. The molecule has 0 radical (unpaired) electrons. The van der Waals surface area contributed by atoms with Crippen LogP contribution in [0.5, 0.6) is 5.88 Å². The fraction of sp³-hybridized carbons (Fsp3) is 0.133. The van der Waals surface area contributed by atoms with E-state index >= 15 is 0 Å². The van der Waals surface area contributed by atoms with Gasteiger partial charge in [0.05, 0.1) is 10.5 Å². The zero-order valence-electron chi connectivity index (χ0n) is 13.3. The van der Waals surface area contributed by atoms with Crippen LogP contribution < -0.4 is 15.6 Å². The molecular weight excluding hydrogens is 373 g/mol. The number of carbonyl (C=O) groups is 2. The lowest BCUT2D eigenvalue weighted by Gasteiger charge is -2.09. The van der Waals surface area contributed by atoms with E-state index in [4.69, 9.17) is 0 Å². The summed E-state index contributed by atoms with van der Waals surface area (Å²) in [5.41, 5.74) is 3.69. The highest BCUT2D eigenvalue weighted by atomic mass is 19.4. The maximum Gasteiger partial charge on any atom is 0.422 e. The molecule has 0 fully saturated rings. The third-order valence-corrected chi connectivity index (χ3v) is 2.99. The van der Waals surface area contributed by atoms with Gasteiger partial charge in [-0.15, -0.1) is 0 Å². The number of nitro groups is 1. The standard InChI is InChI=1S/C15H11F3N4O5/c16-15(17,18)8-27-12-5-4-10(7-19-12)14(24)21-20-13(23)9-2-1-3-11(6-9)22(25)26/h1-7H,8H2,(H,20,23)(H,21,24). The molecule has 0 atom stereocenters. The number of amides is 2. The number of carbonyl (C=O) groups excluding carboxylic acids is 2. The molecule has 1 heterocycles. The number of alkyl halides is 3. The number of ether oxygens (including phenoxy) is 1. The second-order valence-corrected chi connectivity index (χ2v) is 5.00. The summed E-state index contributed by atoms with van der Waals surface area (Å²) >= 11 is 0. The molecule has 9 nitrogen and oxygen atoms in total. The molecule has 27 heavy (non-hydrogen) atoms. The molecule has 0 aliphatic rings. The normalized spacial score (nSPS) is 10.8. The lowest BCUT2D eigenvalue weighted by atomic mass is 10.2. The van der Waals surface area contributed by atoms with E-state index in [0.29, 0.717) is 0 Å². The summed E-state index contributed by atoms with van der Waals surface area (Å²) in [6.07, 6.45) is -3.56. The third kappa shape index (κ3) is 5.95. The maximum atomic E-state index is 12.0. The van der Waals surface area contributed by atoms with Gasteiger partial charge < -0.3 is 4.74 Å². The van der Waals surface area contributed by atoms with Crippen LogP contribution in [0.25, 0.3) is 0 Å². The van der Waals surface area contributed by atoms with Crippen molar-refractivity contribution in [2.75, 3.05) is 6.61 Å². The van der Waals surface area contributed by atoms with Gasteiger partial charge in [-0.05, 0) is 12.1 Å². The van der Waals surface area contributed by atoms with Crippen LogP contribution in [0.4, 0.5) is 18.9 Å². The Labute approximate surface area is 149 Å². The number of hydrogen-bond acceptors (Lipinski definition) is 6. The number of nitro benzene ring substituents is 1. The minimum Gasteiger partial charge on any atom is -0.468 e. The van der Waals surface area contributed by atoms with Gasteiger partial charge in [0.15, 0.2) is 6.61 Å². The number of aromatic nitrogens is 1. The van der Waals surface area contributed by atoms with Gasteiger partial charge >= 0.3 is 6.18 Å². The van der Waals surface area contributed by atoms with Gasteiger partial charge in [0.2, 0.25) is 5.88 Å². The van der Waals surface area contributed by atoms with E-state index in [1.165, 1.54) is 18.2 Å². The van der Waals surface area contributed by atoms with Crippen LogP contribution in [-0.4, -0.2) is 34.5 Å². The Morgan fingerprint density at radius 3 is 2.33 bits per heavy atom. The highest BCUT2D eigenvalue weighted by Gasteiger charge is 2.28. The minimum atomic E-state index is -4.52. The van der Waals surface area contributed by atoms with Crippen LogP contribution in [0, 0.1) is 10.1 Å². The second-order valence-electron chi connectivity index (χ2n) is 5.00. The van der Waals surface area contributed by atoms with Crippen molar-refractivity contribution >= 4 is 17.5 Å². The van der Waals surface area contributed by atoms with E-state index < -0.39 is 29.5 Å². The average Bonchev–Trinajstić information content (AvgIpc) is 2.64. The maximum absolute atomic E-state index is 12.0. The third-order valence-electron chi connectivity index (χ3n) is 2.99. The number of rotatable bonds is 5. The van der Waals surface area contributed by atoms with Crippen molar-refractivity contribution in [1.29, 1.82) is 0 Å². The predicted octanol–water partition coefficient (Wildman–Crippen LogP) is 2.01. The molecule has 1 aromatic carbocycles. The van der Waals surface area contributed by atoms with Crippen molar-refractivity contribution in [3.05, 3.63) is 63.8 Å². The van der Waals surface area contributed by atoms with E-state index in [1.807, 2.05) is 0 Å². The summed E-state index contributed by atoms with van der Waals surface area (Å²) in [5.74, 6) is -1.93. The van der Waals surface area contributed by atoms with Gasteiger partial charge in [0, 0.05) is 30.0 Å². The number of pyridine rings is 1. The summed E-state index contributed by atoms with van der Waals surface area (Å²) in [4.78, 5) is 37.3.